The molecular weight excluding hydrogens is 248 g/mol. The van der Waals surface area contributed by atoms with Crippen LogP contribution in [0.1, 0.15) is 30.9 Å². The number of furan rings is 1. The molecule has 1 heterocycles. The standard InChI is InChI=1S/C10H9BrO3/c11-10-2-1-9(14-10)6-3-7(12)5-8(13)4-6/h1-2,6H,3-5H2. The minimum absolute atomic E-state index is 0.0128. The van der Waals surface area contributed by atoms with Crippen molar-refractivity contribution in [2.45, 2.75) is 25.2 Å². The molecule has 0 unspecified atom stereocenters. The van der Waals surface area contributed by atoms with Crippen LogP contribution in [0.25, 0.3) is 0 Å². The molecule has 14 heavy (non-hydrogen) atoms. The lowest BCUT2D eigenvalue weighted by molar-refractivity contribution is -0.130. The molecule has 0 atom stereocenters. The van der Waals surface area contributed by atoms with E-state index in [9.17, 15) is 9.59 Å². The maximum atomic E-state index is 11.2. The number of rotatable bonds is 1. The summed E-state index contributed by atoms with van der Waals surface area (Å²) < 4.78 is 5.97. The number of hydrogen-bond donors (Lipinski definition) is 0. The van der Waals surface area contributed by atoms with E-state index in [1.165, 1.54) is 0 Å². The van der Waals surface area contributed by atoms with Gasteiger partial charge < -0.3 is 4.42 Å². The Morgan fingerprint density at radius 1 is 1.21 bits per heavy atom. The van der Waals surface area contributed by atoms with Crippen LogP contribution in [0.2, 0.25) is 0 Å². The largest absolute Gasteiger partial charge is 0.454 e. The van der Waals surface area contributed by atoms with Crippen molar-refractivity contribution in [1.29, 1.82) is 0 Å². The maximum Gasteiger partial charge on any atom is 0.169 e. The lowest BCUT2D eigenvalue weighted by atomic mass is 9.86. The third-order valence-electron chi connectivity index (χ3n) is 2.34. The van der Waals surface area contributed by atoms with E-state index in [0.29, 0.717) is 17.5 Å². The summed E-state index contributed by atoms with van der Waals surface area (Å²) in [5.41, 5.74) is 0. The Morgan fingerprint density at radius 3 is 2.36 bits per heavy atom. The van der Waals surface area contributed by atoms with Gasteiger partial charge >= 0.3 is 0 Å². The van der Waals surface area contributed by atoms with Crippen LogP contribution in [0, 0.1) is 0 Å². The van der Waals surface area contributed by atoms with Crippen molar-refractivity contribution >= 4 is 27.5 Å². The molecule has 0 spiro atoms. The molecule has 1 fully saturated rings. The summed E-state index contributed by atoms with van der Waals surface area (Å²) in [6.45, 7) is 0. The van der Waals surface area contributed by atoms with Gasteiger partial charge in [-0.05, 0) is 28.1 Å². The van der Waals surface area contributed by atoms with Gasteiger partial charge in [-0.25, -0.2) is 0 Å². The van der Waals surface area contributed by atoms with Crippen LogP contribution in [0.3, 0.4) is 0 Å². The van der Waals surface area contributed by atoms with E-state index in [-0.39, 0.29) is 23.9 Å². The molecule has 0 saturated heterocycles. The van der Waals surface area contributed by atoms with Gasteiger partial charge in [0.25, 0.3) is 0 Å². The summed E-state index contributed by atoms with van der Waals surface area (Å²) in [5.74, 6) is 0.686. The monoisotopic (exact) mass is 256 g/mol. The van der Waals surface area contributed by atoms with Crippen molar-refractivity contribution in [1.82, 2.24) is 0 Å². The van der Waals surface area contributed by atoms with Crippen LogP contribution in [-0.4, -0.2) is 11.6 Å². The molecule has 4 heteroatoms. The summed E-state index contributed by atoms with van der Waals surface area (Å²) in [6.07, 6.45) is 0.940. The highest BCUT2D eigenvalue weighted by Crippen LogP contribution is 2.31. The van der Waals surface area contributed by atoms with E-state index in [2.05, 4.69) is 15.9 Å². The molecule has 0 amide bonds. The number of ketones is 2. The number of hydrogen-bond acceptors (Lipinski definition) is 3. The van der Waals surface area contributed by atoms with E-state index < -0.39 is 0 Å². The van der Waals surface area contributed by atoms with Gasteiger partial charge in [0.1, 0.15) is 17.3 Å². The first-order valence-electron chi connectivity index (χ1n) is 4.44. The Hall–Kier alpha value is -0.900. The highest BCUT2D eigenvalue weighted by atomic mass is 79.9. The van der Waals surface area contributed by atoms with Crippen molar-refractivity contribution in [2.75, 3.05) is 0 Å². The SMILES string of the molecule is O=C1CC(=O)CC(c2ccc(Br)o2)C1. The lowest BCUT2D eigenvalue weighted by Crippen LogP contribution is -2.20. The summed E-state index contributed by atoms with van der Waals surface area (Å²) in [7, 11) is 0. The summed E-state index contributed by atoms with van der Waals surface area (Å²) in [6, 6.07) is 3.58. The zero-order chi connectivity index (χ0) is 10.1. The molecule has 2 rings (SSSR count). The number of Topliss-reactive ketones (excluding diaryl/α,β-unsaturated/α-hetero) is 2. The van der Waals surface area contributed by atoms with Crippen LogP contribution in [0.4, 0.5) is 0 Å². The second-order valence-electron chi connectivity index (χ2n) is 3.50. The zero-order valence-corrected chi connectivity index (χ0v) is 9.04. The average Bonchev–Trinajstić information content (AvgIpc) is 2.50. The second-order valence-corrected chi connectivity index (χ2v) is 4.28. The minimum atomic E-state index is -0.0601. The fourth-order valence-electron chi connectivity index (χ4n) is 1.73. The normalized spacial score (nSPS) is 18.9. The molecule has 1 saturated carbocycles. The molecule has 0 aliphatic heterocycles. The Morgan fingerprint density at radius 2 is 1.86 bits per heavy atom. The maximum absolute atomic E-state index is 11.2. The summed E-state index contributed by atoms with van der Waals surface area (Å²) in [5, 5.41) is 0. The Bertz CT molecular complexity index is 364. The van der Waals surface area contributed by atoms with Gasteiger partial charge in [-0.15, -0.1) is 0 Å². The summed E-state index contributed by atoms with van der Waals surface area (Å²) >= 11 is 3.19. The molecule has 0 N–H and O–H groups in total. The molecular formula is C10H9BrO3. The van der Waals surface area contributed by atoms with E-state index in [1.807, 2.05) is 0 Å². The number of carbonyl (C=O) groups is 2. The van der Waals surface area contributed by atoms with Crippen molar-refractivity contribution in [3.8, 4) is 0 Å². The molecule has 1 aliphatic rings. The smallest absolute Gasteiger partial charge is 0.169 e. The number of halogens is 1. The fourth-order valence-corrected chi connectivity index (χ4v) is 2.05. The minimum Gasteiger partial charge on any atom is -0.454 e. The molecule has 3 nitrogen and oxygen atoms in total. The van der Waals surface area contributed by atoms with Gasteiger partial charge in [0.2, 0.25) is 0 Å². The molecule has 1 aromatic heterocycles. The Labute approximate surface area is 89.6 Å². The lowest BCUT2D eigenvalue weighted by Gasteiger charge is -2.17. The third kappa shape index (κ3) is 1.95. The predicted octanol–water partition coefficient (Wildman–Crippen LogP) is 2.45. The van der Waals surface area contributed by atoms with Crippen LogP contribution in [0.5, 0.6) is 0 Å². The molecule has 1 aromatic rings. The van der Waals surface area contributed by atoms with Crippen LogP contribution in [-0.2, 0) is 9.59 Å². The molecule has 0 bridgehead atoms. The van der Waals surface area contributed by atoms with Crippen LogP contribution < -0.4 is 0 Å². The van der Waals surface area contributed by atoms with Crippen molar-refractivity contribution in [2.24, 2.45) is 0 Å². The first-order valence-corrected chi connectivity index (χ1v) is 5.23. The summed E-state index contributed by atoms with van der Waals surface area (Å²) in [4.78, 5) is 22.4. The van der Waals surface area contributed by atoms with Gasteiger partial charge in [-0.1, -0.05) is 0 Å². The van der Waals surface area contributed by atoms with Crippen LogP contribution >= 0.6 is 15.9 Å². The van der Waals surface area contributed by atoms with Crippen molar-refractivity contribution < 1.29 is 14.0 Å². The van der Waals surface area contributed by atoms with E-state index >= 15 is 0 Å². The van der Waals surface area contributed by atoms with Gasteiger partial charge in [0.15, 0.2) is 4.67 Å². The van der Waals surface area contributed by atoms with Gasteiger partial charge in [-0.2, -0.15) is 0 Å². The molecule has 0 aromatic carbocycles. The first-order chi connectivity index (χ1) is 6.65. The van der Waals surface area contributed by atoms with Crippen LogP contribution in [0.15, 0.2) is 21.2 Å². The highest BCUT2D eigenvalue weighted by Gasteiger charge is 2.28. The molecule has 0 radical (unpaired) electrons. The van der Waals surface area contributed by atoms with E-state index in [4.69, 9.17) is 4.42 Å². The van der Waals surface area contributed by atoms with Gasteiger partial charge in [0.05, 0.1) is 6.42 Å². The zero-order valence-electron chi connectivity index (χ0n) is 7.46. The third-order valence-corrected chi connectivity index (χ3v) is 2.77. The Kier molecular flexibility index (Phi) is 2.54. The highest BCUT2D eigenvalue weighted by molar-refractivity contribution is 9.10. The quantitative estimate of drug-likeness (QED) is 0.726. The van der Waals surface area contributed by atoms with Crippen molar-refractivity contribution in [3.05, 3.63) is 22.6 Å². The predicted molar refractivity (Wildman–Crippen MR) is 53.0 cm³/mol. The average molecular weight is 257 g/mol. The van der Waals surface area contributed by atoms with E-state index in [1.54, 1.807) is 12.1 Å². The number of carbonyl (C=O) groups excluding carboxylic acids is 2. The fraction of sp³-hybridized carbons (Fsp3) is 0.400. The van der Waals surface area contributed by atoms with Crippen molar-refractivity contribution in [3.63, 3.8) is 0 Å². The second kappa shape index (κ2) is 3.69. The molecule has 74 valence electrons. The molecule has 1 aliphatic carbocycles. The first kappa shape index (κ1) is 9.65. The Balaban J connectivity index is 2.18. The van der Waals surface area contributed by atoms with E-state index in [0.717, 1.165) is 5.76 Å². The van der Waals surface area contributed by atoms with Gasteiger partial charge in [0, 0.05) is 18.8 Å². The topological polar surface area (TPSA) is 47.3 Å². The van der Waals surface area contributed by atoms with Gasteiger partial charge in [-0.3, -0.25) is 9.59 Å².